The van der Waals surface area contributed by atoms with E-state index in [1.807, 2.05) is 20.8 Å². The molecule has 0 heterocycles. The highest BCUT2D eigenvalue weighted by atomic mass is 16.6. The van der Waals surface area contributed by atoms with Gasteiger partial charge in [0, 0.05) is 12.5 Å². The molecule has 4 heteroatoms. The minimum Gasteiger partial charge on any atom is -0.460 e. The molecule has 1 atom stereocenters. The summed E-state index contributed by atoms with van der Waals surface area (Å²) in [7, 11) is 0. The highest BCUT2D eigenvalue weighted by molar-refractivity contribution is 5.81. The van der Waals surface area contributed by atoms with Gasteiger partial charge in [0.2, 0.25) is 5.91 Å². The smallest absolute Gasteiger partial charge is 0.306 e. The van der Waals surface area contributed by atoms with Crippen molar-refractivity contribution in [1.29, 1.82) is 0 Å². The van der Waals surface area contributed by atoms with E-state index in [4.69, 9.17) is 4.74 Å². The second-order valence-corrected chi connectivity index (χ2v) is 6.44. The van der Waals surface area contributed by atoms with Crippen molar-refractivity contribution in [3.05, 3.63) is 0 Å². The third kappa shape index (κ3) is 7.85. The van der Waals surface area contributed by atoms with E-state index in [0.29, 0.717) is 0 Å². The van der Waals surface area contributed by atoms with Gasteiger partial charge in [-0.1, -0.05) is 19.8 Å². The summed E-state index contributed by atoms with van der Waals surface area (Å²) in [4.78, 5) is 23.3. The predicted molar refractivity (Wildman–Crippen MR) is 74.6 cm³/mol. The van der Waals surface area contributed by atoms with Crippen molar-refractivity contribution in [2.45, 2.75) is 77.9 Å². The Bertz CT molecular complexity index is 316. The number of hydrogen-bond acceptors (Lipinski definition) is 3. The molecule has 0 spiro atoms. The van der Waals surface area contributed by atoms with Crippen LogP contribution < -0.4 is 5.32 Å². The number of esters is 1. The van der Waals surface area contributed by atoms with E-state index >= 15 is 0 Å². The zero-order valence-electron chi connectivity index (χ0n) is 12.6. The average molecular weight is 269 g/mol. The maximum atomic E-state index is 11.8. The van der Waals surface area contributed by atoms with Gasteiger partial charge in [0.1, 0.15) is 5.60 Å². The molecule has 1 aliphatic carbocycles. The standard InChI is InChI=1S/C15H27NO3/c1-5-12(10-11-6-7-11)16-13(17)8-9-14(18)19-15(2,3)4/h11-12H,5-10H2,1-4H3,(H,16,17). The number of amides is 1. The first-order valence-corrected chi connectivity index (χ1v) is 7.31. The number of nitrogens with one attached hydrogen (secondary N) is 1. The molecule has 1 fully saturated rings. The van der Waals surface area contributed by atoms with Crippen LogP contribution in [-0.4, -0.2) is 23.5 Å². The van der Waals surface area contributed by atoms with Crippen molar-refractivity contribution >= 4 is 11.9 Å². The molecule has 4 nitrogen and oxygen atoms in total. The molecule has 110 valence electrons. The van der Waals surface area contributed by atoms with Crippen LogP contribution in [0, 0.1) is 5.92 Å². The summed E-state index contributed by atoms with van der Waals surface area (Å²) >= 11 is 0. The molecule has 1 unspecified atom stereocenters. The van der Waals surface area contributed by atoms with Gasteiger partial charge in [0.15, 0.2) is 0 Å². The van der Waals surface area contributed by atoms with Crippen LogP contribution in [0.3, 0.4) is 0 Å². The zero-order valence-corrected chi connectivity index (χ0v) is 12.6. The van der Waals surface area contributed by atoms with Gasteiger partial charge in [-0.25, -0.2) is 0 Å². The van der Waals surface area contributed by atoms with E-state index < -0.39 is 5.60 Å². The molecule has 1 saturated carbocycles. The lowest BCUT2D eigenvalue weighted by molar-refractivity contribution is -0.155. The lowest BCUT2D eigenvalue weighted by Gasteiger charge is -2.20. The van der Waals surface area contributed by atoms with E-state index in [2.05, 4.69) is 12.2 Å². The van der Waals surface area contributed by atoms with Gasteiger partial charge >= 0.3 is 5.97 Å². The number of rotatable bonds is 7. The van der Waals surface area contributed by atoms with Gasteiger partial charge < -0.3 is 10.1 Å². The van der Waals surface area contributed by atoms with Gasteiger partial charge in [-0.15, -0.1) is 0 Å². The third-order valence-corrected chi connectivity index (χ3v) is 3.15. The monoisotopic (exact) mass is 269 g/mol. The highest BCUT2D eigenvalue weighted by Crippen LogP contribution is 2.34. The average Bonchev–Trinajstić information content (AvgIpc) is 3.07. The molecular formula is C15H27NO3. The Morgan fingerprint density at radius 1 is 1.26 bits per heavy atom. The summed E-state index contributed by atoms with van der Waals surface area (Å²) in [5, 5.41) is 3.01. The fourth-order valence-corrected chi connectivity index (χ4v) is 1.99. The number of ether oxygens (including phenoxy) is 1. The Hall–Kier alpha value is -1.06. The molecule has 1 rings (SSSR count). The van der Waals surface area contributed by atoms with Crippen LogP contribution >= 0.6 is 0 Å². The largest absolute Gasteiger partial charge is 0.460 e. The summed E-state index contributed by atoms with van der Waals surface area (Å²) in [6.07, 6.45) is 5.00. The normalized spacial score (nSPS) is 16.8. The molecule has 0 saturated heterocycles. The SMILES string of the molecule is CCC(CC1CC1)NC(=O)CCC(=O)OC(C)(C)C. The maximum Gasteiger partial charge on any atom is 0.306 e. The van der Waals surface area contributed by atoms with Crippen molar-refractivity contribution in [3.63, 3.8) is 0 Å². The Balaban J connectivity index is 2.20. The van der Waals surface area contributed by atoms with Crippen LogP contribution in [0.2, 0.25) is 0 Å². The summed E-state index contributed by atoms with van der Waals surface area (Å²) < 4.78 is 5.18. The van der Waals surface area contributed by atoms with E-state index in [0.717, 1.165) is 18.8 Å². The molecule has 1 amide bonds. The molecule has 0 radical (unpaired) electrons. The second kappa shape index (κ2) is 6.92. The molecule has 0 aliphatic heterocycles. The molecular weight excluding hydrogens is 242 g/mol. The van der Waals surface area contributed by atoms with Gasteiger partial charge in [0.25, 0.3) is 0 Å². The van der Waals surface area contributed by atoms with E-state index in [9.17, 15) is 9.59 Å². The first-order valence-electron chi connectivity index (χ1n) is 7.31. The molecule has 0 aromatic rings. The molecule has 19 heavy (non-hydrogen) atoms. The molecule has 0 aromatic heterocycles. The Labute approximate surface area is 116 Å². The van der Waals surface area contributed by atoms with Crippen LogP contribution in [0.5, 0.6) is 0 Å². The van der Waals surface area contributed by atoms with Crippen LogP contribution in [0.4, 0.5) is 0 Å². The third-order valence-electron chi connectivity index (χ3n) is 3.15. The Morgan fingerprint density at radius 3 is 2.37 bits per heavy atom. The Kier molecular flexibility index (Phi) is 5.83. The van der Waals surface area contributed by atoms with E-state index in [1.54, 1.807) is 0 Å². The summed E-state index contributed by atoms with van der Waals surface area (Å²) in [6.45, 7) is 7.57. The second-order valence-electron chi connectivity index (χ2n) is 6.44. The minimum atomic E-state index is -0.481. The molecule has 1 aliphatic rings. The number of carbonyl (C=O) groups is 2. The summed E-state index contributed by atoms with van der Waals surface area (Å²) in [5.41, 5.74) is -0.481. The van der Waals surface area contributed by atoms with Crippen molar-refractivity contribution < 1.29 is 14.3 Å². The first-order chi connectivity index (χ1) is 8.80. The topological polar surface area (TPSA) is 55.4 Å². The lowest BCUT2D eigenvalue weighted by Crippen LogP contribution is -2.35. The van der Waals surface area contributed by atoms with Crippen LogP contribution in [-0.2, 0) is 14.3 Å². The minimum absolute atomic E-state index is 0.0432. The first kappa shape index (κ1) is 16.0. The molecule has 1 N–H and O–H groups in total. The van der Waals surface area contributed by atoms with Gasteiger partial charge in [-0.2, -0.15) is 0 Å². The van der Waals surface area contributed by atoms with Crippen molar-refractivity contribution in [2.75, 3.05) is 0 Å². The summed E-state index contributed by atoms with van der Waals surface area (Å²) in [6, 6.07) is 0.263. The van der Waals surface area contributed by atoms with Crippen LogP contribution in [0.15, 0.2) is 0 Å². The zero-order chi connectivity index (χ0) is 14.5. The molecule has 0 bridgehead atoms. The maximum absolute atomic E-state index is 11.8. The lowest BCUT2D eigenvalue weighted by atomic mass is 10.1. The van der Waals surface area contributed by atoms with Gasteiger partial charge in [0.05, 0.1) is 6.42 Å². The fourth-order valence-electron chi connectivity index (χ4n) is 1.99. The van der Waals surface area contributed by atoms with Crippen molar-refractivity contribution in [2.24, 2.45) is 5.92 Å². The fraction of sp³-hybridized carbons (Fsp3) is 0.867. The van der Waals surface area contributed by atoms with E-state index in [-0.39, 0.29) is 30.8 Å². The van der Waals surface area contributed by atoms with Gasteiger partial charge in [-0.3, -0.25) is 9.59 Å². The van der Waals surface area contributed by atoms with Crippen molar-refractivity contribution in [3.8, 4) is 0 Å². The van der Waals surface area contributed by atoms with E-state index in [1.165, 1.54) is 12.8 Å². The number of carbonyl (C=O) groups excluding carboxylic acids is 2. The van der Waals surface area contributed by atoms with Crippen molar-refractivity contribution in [1.82, 2.24) is 5.32 Å². The van der Waals surface area contributed by atoms with Crippen LogP contribution in [0.25, 0.3) is 0 Å². The van der Waals surface area contributed by atoms with Gasteiger partial charge in [-0.05, 0) is 39.5 Å². The predicted octanol–water partition coefficient (Wildman–Crippen LogP) is 2.80. The number of hydrogen-bond donors (Lipinski definition) is 1. The van der Waals surface area contributed by atoms with Crippen LogP contribution in [0.1, 0.15) is 66.2 Å². The molecule has 0 aromatic carbocycles. The Morgan fingerprint density at radius 2 is 1.89 bits per heavy atom. The highest BCUT2D eigenvalue weighted by Gasteiger charge is 2.25. The quantitative estimate of drug-likeness (QED) is 0.723. The summed E-state index contributed by atoms with van der Waals surface area (Å²) in [5.74, 6) is 0.451.